The molecule has 0 atom stereocenters. The van der Waals surface area contributed by atoms with Crippen LogP contribution in [0.5, 0.6) is 0 Å². The van der Waals surface area contributed by atoms with E-state index in [1.165, 1.54) is 13.0 Å². The minimum absolute atomic E-state index is 0.188. The van der Waals surface area contributed by atoms with Gasteiger partial charge in [0.05, 0.1) is 0 Å². The van der Waals surface area contributed by atoms with E-state index >= 15 is 0 Å². The van der Waals surface area contributed by atoms with E-state index in [4.69, 9.17) is 11.5 Å². The van der Waals surface area contributed by atoms with Crippen LogP contribution in [0.2, 0.25) is 0 Å². The lowest BCUT2D eigenvalue weighted by Crippen LogP contribution is -1.94. The number of carboxylic acids is 1. The highest BCUT2D eigenvalue weighted by molar-refractivity contribution is 5.86. The van der Waals surface area contributed by atoms with E-state index in [1.807, 2.05) is 0 Å². The summed E-state index contributed by atoms with van der Waals surface area (Å²) >= 11 is 0. The fourth-order valence-electron chi connectivity index (χ4n) is 0.187. The number of terminal acetylenes is 1. The molecule has 0 heterocycles. The van der Waals surface area contributed by atoms with E-state index in [2.05, 4.69) is 5.92 Å². The van der Waals surface area contributed by atoms with Gasteiger partial charge in [-0.1, -0.05) is 5.92 Å². The quantitative estimate of drug-likeness (QED) is 0.397. The summed E-state index contributed by atoms with van der Waals surface area (Å²) in [5.74, 6) is 1.14. The molecule has 2 nitrogen and oxygen atoms in total. The number of allylic oxidation sites excluding steroid dienone is 1. The molecule has 0 unspecified atom stereocenters. The first-order chi connectivity index (χ1) is 3.68. The van der Waals surface area contributed by atoms with Crippen LogP contribution in [0, 0.1) is 12.3 Å². The molecular formula is C6H6O2. The molecule has 0 saturated heterocycles. The summed E-state index contributed by atoms with van der Waals surface area (Å²) in [6.07, 6.45) is 5.99. The Balaban J connectivity index is 4.06. The van der Waals surface area contributed by atoms with E-state index in [9.17, 15) is 4.79 Å². The van der Waals surface area contributed by atoms with Gasteiger partial charge in [-0.15, -0.1) is 6.42 Å². The van der Waals surface area contributed by atoms with Gasteiger partial charge >= 0.3 is 5.97 Å². The Kier molecular flexibility index (Phi) is 2.42. The van der Waals surface area contributed by atoms with Crippen molar-refractivity contribution >= 4 is 5.97 Å². The summed E-state index contributed by atoms with van der Waals surface area (Å²) in [6, 6.07) is 0. The zero-order valence-corrected chi connectivity index (χ0v) is 4.51. The molecule has 0 radical (unpaired) electrons. The second kappa shape index (κ2) is 2.86. The molecule has 0 aliphatic heterocycles. The summed E-state index contributed by atoms with van der Waals surface area (Å²) < 4.78 is 0. The third kappa shape index (κ3) is 2.04. The minimum atomic E-state index is -0.969. The van der Waals surface area contributed by atoms with E-state index in [-0.39, 0.29) is 5.57 Å². The first-order valence-electron chi connectivity index (χ1n) is 2.04. The van der Waals surface area contributed by atoms with Crippen molar-refractivity contribution in [1.82, 2.24) is 0 Å². The van der Waals surface area contributed by atoms with E-state index in [1.54, 1.807) is 0 Å². The van der Waals surface area contributed by atoms with Crippen LogP contribution in [0.4, 0.5) is 0 Å². The molecule has 0 spiro atoms. The maximum Gasteiger partial charge on any atom is 0.331 e. The molecule has 0 aromatic carbocycles. The van der Waals surface area contributed by atoms with E-state index in [0.717, 1.165) is 0 Å². The van der Waals surface area contributed by atoms with Gasteiger partial charge in [0.1, 0.15) is 0 Å². The Morgan fingerprint density at radius 2 is 2.38 bits per heavy atom. The van der Waals surface area contributed by atoms with Gasteiger partial charge in [0.25, 0.3) is 0 Å². The Morgan fingerprint density at radius 1 is 1.88 bits per heavy atom. The second-order valence-electron chi connectivity index (χ2n) is 1.30. The predicted octanol–water partition coefficient (Wildman–Crippen LogP) is 0.650. The number of carbonyl (C=O) groups is 1. The van der Waals surface area contributed by atoms with Gasteiger partial charge in [-0.2, -0.15) is 0 Å². The second-order valence-corrected chi connectivity index (χ2v) is 1.30. The molecule has 8 heavy (non-hydrogen) atoms. The van der Waals surface area contributed by atoms with Crippen molar-refractivity contribution in [2.75, 3.05) is 0 Å². The summed E-state index contributed by atoms with van der Waals surface area (Å²) in [7, 11) is 0. The Morgan fingerprint density at radius 3 is 2.50 bits per heavy atom. The first-order valence-corrected chi connectivity index (χ1v) is 2.04. The van der Waals surface area contributed by atoms with Gasteiger partial charge in [-0.25, -0.2) is 4.79 Å². The Hall–Kier alpha value is -1.23. The molecule has 0 aromatic heterocycles. The summed E-state index contributed by atoms with van der Waals surface area (Å²) in [5.41, 5.74) is 0.188. The lowest BCUT2D eigenvalue weighted by molar-refractivity contribution is -0.132. The first kappa shape index (κ1) is 6.77. The molecule has 0 rings (SSSR count). The van der Waals surface area contributed by atoms with Crippen LogP contribution in [0.1, 0.15) is 6.92 Å². The third-order valence-electron chi connectivity index (χ3n) is 0.637. The molecule has 0 amide bonds. The average Bonchev–Trinajstić information content (AvgIpc) is 1.67. The Labute approximate surface area is 47.8 Å². The van der Waals surface area contributed by atoms with Crippen molar-refractivity contribution in [2.24, 2.45) is 0 Å². The predicted molar refractivity (Wildman–Crippen MR) is 30.2 cm³/mol. The molecule has 0 aromatic rings. The topological polar surface area (TPSA) is 37.3 Å². The molecule has 0 aliphatic rings. The zero-order valence-electron chi connectivity index (χ0n) is 4.51. The summed E-state index contributed by atoms with van der Waals surface area (Å²) in [4.78, 5) is 9.93. The van der Waals surface area contributed by atoms with Crippen molar-refractivity contribution < 1.29 is 9.90 Å². The van der Waals surface area contributed by atoms with Crippen molar-refractivity contribution in [3.8, 4) is 12.3 Å². The zero-order chi connectivity index (χ0) is 6.57. The fraction of sp³-hybridized carbons (Fsp3) is 0.167. The molecule has 1 N–H and O–H groups in total. The van der Waals surface area contributed by atoms with Crippen molar-refractivity contribution in [3.63, 3.8) is 0 Å². The van der Waals surface area contributed by atoms with Gasteiger partial charge in [-0.3, -0.25) is 0 Å². The van der Waals surface area contributed by atoms with Crippen molar-refractivity contribution in [2.45, 2.75) is 6.92 Å². The number of hydrogen-bond acceptors (Lipinski definition) is 1. The van der Waals surface area contributed by atoms with Gasteiger partial charge in [-0.05, 0) is 13.0 Å². The lowest BCUT2D eigenvalue weighted by atomic mass is 10.3. The molecule has 0 aliphatic carbocycles. The smallest absolute Gasteiger partial charge is 0.331 e. The van der Waals surface area contributed by atoms with Crippen LogP contribution in [0.25, 0.3) is 0 Å². The molecule has 2 heteroatoms. The number of hydrogen-bond donors (Lipinski definition) is 1. The number of rotatable bonds is 1. The van der Waals surface area contributed by atoms with E-state index < -0.39 is 5.97 Å². The summed E-state index contributed by atoms with van der Waals surface area (Å²) in [6.45, 7) is 1.45. The molecule has 0 fully saturated rings. The van der Waals surface area contributed by atoms with Crippen LogP contribution < -0.4 is 0 Å². The molecule has 0 bridgehead atoms. The standard InChI is InChI=1S/C6H6O2/c1-3-4-5(2)6(7)8/h1,4H,2H3,(H,7,8). The number of aliphatic carboxylic acids is 1. The average molecular weight is 110 g/mol. The van der Waals surface area contributed by atoms with Gasteiger partial charge in [0.15, 0.2) is 0 Å². The molecule has 42 valence electrons. The Bertz CT molecular complexity index is 160. The van der Waals surface area contributed by atoms with Crippen LogP contribution in [-0.2, 0) is 4.79 Å². The van der Waals surface area contributed by atoms with Crippen LogP contribution >= 0.6 is 0 Å². The molecule has 0 saturated carbocycles. The highest BCUT2D eigenvalue weighted by atomic mass is 16.4. The van der Waals surface area contributed by atoms with E-state index in [0.29, 0.717) is 0 Å². The van der Waals surface area contributed by atoms with Gasteiger partial charge in [0, 0.05) is 5.57 Å². The maximum absolute atomic E-state index is 9.93. The highest BCUT2D eigenvalue weighted by Gasteiger charge is 1.94. The van der Waals surface area contributed by atoms with Crippen molar-refractivity contribution in [3.05, 3.63) is 11.6 Å². The highest BCUT2D eigenvalue weighted by Crippen LogP contribution is 1.88. The lowest BCUT2D eigenvalue weighted by Gasteiger charge is -1.83. The molecular weight excluding hydrogens is 104 g/mol. The van der Waals surface area contributed by atoms with Crippen LogP contribution in [0.15, 0.2) is 11.6 Å². The van der Waals surface area contributed by atoms with Crippen molar-refractivity contribution in [1.29, 1.82) is 0 Å². The monoisotopic (exact) mass is 110 g/mol. The van der Waals surface area contributed by atoms with Crippen LogP contribution in [0.3, 0.4) is 0 Å². The largest absolute Gasteiger partial charge is 0.478 e. The SMILES string of the molecule is C#CC=C(C)C(=O)O. The maximum atomic E-state index is 9.93. The van der Waals surface area contributed by atoms with Gasteiger partial charge in [0.2, 0.25) is 0 Å². The fourth-order valence-corrected chi connectivity index (χ4v) is 0.187. The third-order valence-corrected chi connectivity index (χ3v) is 0.637. The number of carboxylic acid groups (broad SMARTS) is 1. The summed E-state index contributed by atoms with van der Waals surface area (Å²) in [5, 5.41) is 8.15. The van der Waals surface area contributed by atoms with Gasteiger partial charge < -0.3 is 5.11 Å². The minimum Gasteiger partial charge on any atom is -0.478 e. The normalized spacial score (nSPS) is 10.2. The van der Waals surface area contributed by atoms with Crippen LogP contribution in [-0.4, -0.2) is 11.1 Å².